The summed E-state index contributed by atoms with van der Waals surface area (Å²) in [7, 11) is 0. The first-order valence-electron chi connectivity index (χ1n) is 5.33. The Kier molecular flexibility index (Phi) is 3.76. The summed E-state index contributed by atoms with van der Waals surface area (Å²) >= 11 is 5.69. The third-order valence-electron chi connectivity index (χ3n) is 2.54. The quantitative estimate of drug-likeness (QED) is 0.879. The predicted molar refractivity (Wildman–Crippen MR) is 65.3 cm³/mol. The second-order valence-corrected chi connectivity index (χ2v) is 4.25. The van der Waals surface area contributed by atoms with Gasteiger partial charge in [-0.25, -0.2) is 9.37 Å². The first-order valence-corrected chi connectivity index (χ1v) is 5.71. The van der Waals surface area contributed by atoms with Crippen molar-refractivity contribution in [3.63, 3.8) is 0 Å². The molecular formula is C12H13ClFN3. The maximum Gasteiger partial charge on any atom is 0.129 e. The van der Waals surface area contributed by atoms with Crippen molar-refractivity contribution in [2.45, 2.75) is 19.5 Å². The zero-order valence-electron chi connectivity index (χ0n) is 9.37. The Morgan fingerprint density at radius 1 is 1.53 bits per heavy atom. The summed E-state index contributed by atoms with van der Waals surface area (Å²) in [5.41, 5.74) is 0.591. The van der Waals surface area contributed by atoms with Crippen LogP contribution in [0.1, 0.15) is 24.4 Å². The summed E-state index contributed by atoms with van der Waals surface area (Å²) in [6.07, 6.45) is 3.45. The largest absolute Gasteiger partial charge is 0.347 e. The molecule has 1 aromatic carbocycles. The van der Waals surface area contributed by atoms with Gasteiger partial charge in [-0.3, -0.25) is 0 Å². The van der Waals surface area contributed by atoms with E-state index in [2.05, 4.69) is 15.3 Å². The zero-order valence-corrected chi connectivity index (χ0v) is 10.1. The summed E-state index contributed by atoms with van der Waals surface area (Å²) < 4.78 is 13.5. The molecule has 0 fully saturated rings. The second-order valence-electron chi connectivity index (χ2n) is 3.81. The van der Waals surface area contributed by atoms with E-state index >= 15 is 0 Å². The van der Waals surface area contributed by atoms with Crippen molar-refractivity contribution in [3.8, 4) is 0 Å². The highest BCUT2D eigenvalue weighted by molar-refractivity contribution is 6.30. The predicted octanol–water partition coefficient (Wildman–Crippen LogP) is 3.05. The van der Waals surface area contributed by atoms with Crippen molar-refractivity contribution >= 4 is 11.6 Å². The Bertz CT molecular complexity index is 485. The number of halogens is 2. The first kappa shape index (κ1) is 12.1. The lowest BCUT2D eigenvalue weighted by atomic mass is 10.2. The van der Waals surface area contributed by atoms with Gasteiger partial charge >= 0.3 is 0 Å². The lowest BCUT2D eigenvalue weighted by molar-refractivity contribution is 0.529. The van der Waals surface area contributed by atoms with Gasteiger partial charge in [0.1, 0.15) is 11.6 Å². The molecule has 0 bridgehead atoms. The summed E-state index contributed by atoms with van der Waals surface area (Å²) in [5, 5.41) is 3.59. The number of nitrogens with zero attached hydrogens (tertiary/aromatic N) is 1. The van der Waals surface area contributed by atoms with E-state index in [0.717, 1.165) is 5.82 Å². The highest BCUT2D eigenvalue weighted by atomic mass is 35.5. The van der Waals surface area contributed by atoms with Crippen LogP contribution in [0.25, 0.3) is 0 Å². The summed E-state index contributed by atoms with van der Waals surface area (Å²) in [6, 6.07) is 4.72. The van der Waals surface area contributed by atoms with Crippen LogP contribution >= 0.6 is 11.6 Å². The number of hydrogen-bond donors (Lipinski definition) is 2. The Balaban J connectivity index is 1.98. The molecule has 2 aromatic rings. The fourth-order valence-corrected chi connectivity index (χ4v) is 1.70. The molecule has 0 amide bonds. The van der Waals surface area contributed by atoms with E-state index in [4.69, 9.17) is 11.6 Å². The molecule has 0 aliphatic heterocycles. The fourth-order valence-electron chi connectivity index (χ4n) is 1.54. The van der Waals surface area contributed by atoms with E-state index in [1.165, 1.54) is 6.07 Å². The van der Waals surface area contributed by atoms with Gasteiger partial charge in [-0.2, -0.15) is 0 Å². The summed E-state index contributed by atoms with van der Waals surface area (Å²) in [4.78, 5) is 7.14. The van der Waals surface area contributed by atoms with Gasteiger partial charge in [0.25, 0.3) is 0 Å². The second kappa shape index (κ2) is 5.29. The van der Waals surface area contributed by atoms with Crippen LogP contribution in [-0.2, 0) is 6.54 Å². The van der Waals surface area contributed by atoms with Gasteiger partial charge < -0.3 is 10.3 Å². The number of aromatic amines is 1. The van der Waals surface area contributed by atoms with Crippen LogP contribution in [-0.4, -0.2) is 9.97 Å². The summed E-state index contributed by atoms with van der Waals surface area (Å²) in [6.45, 7) is 2.40. The number of H-pyrrole nitrogens is 1. The van der Waals surface area contributed by atoms with E-state index in [0.29, 0.717) is 17.1 Å². The molecule has 0 saturated heterocycles. The molecule has 90 valence electrons. The maximum atomic E-state index is 13.5. The SMILES string of the molecule is CC(NCc1ccc(Cl)cc1F)c1ncc[nH]1. The lowest BCUT2D eigenvalue weighted by Gasteiger charge is -2.11. The number of benzene rings is 1. The molecule has 1 atom stereocenters. The molecule has 1 unspecified atom stereocenters. The average molecular weight is 254 g/mol. The minimum absolute atomic E-state index is 0.0417. The van der Waals surface area contributed by atoms with Crippen molar-refractivity contribution in [3.05, 3.63) is 52.8 Å². The molecule has 3 nitrogen and oxygen atoms in total. The van der Waals surface area contributed by atoms with E-state index in [1.807, 2.05) is 6.92 Å². The van der Waals surface area contributed by atoms with E-state index in [9.17, 15) is 4.39 Å². The Morgan fingerprint density at radius 2 is 2.35 bits per heavy atom. The molecule has 2 rings (SSSR count). The molecule has 5 heteroatoms. The van der Waals surface area contributed by atoms with Gasteiger partial charge in [-0.15, -0.1) is 0 Å². The first-order chi connectivity index (χ1) is 8.16. The van der Waals surface area contributed by atoms with Crippen LogP contribution in [0.2, 0.25) is 5.02 Å². The topological polar surface area (TPSA) is 40.7 Å². The van der Waals surface area contributed by atoms with E-state index in [-0.39, 0.29) is 11.9 Å². The van der Waals surface area contributed by atoms with Gasteiger partial charge in [-0.05, 0) is 19.1 Å². The monoisotopic (exact) mass is 253 g/mol. The van der Waals surface area contributed by atoms with Crippen LogP contribution in [0.4, 0.5) is 4.39 Å². The van der Waals surface area contributed by atoms with E-state index < -0.39 is 0 Å². The van der Waals surface area contributed by atoms with Crippen molar-refractivity contribution in [2.75, 3.05) is 0 Å². The standard InChI is InChI=1S/C12H13ClFN3/c1-8(12-15-4-5-16-12)17-7-9-2-3-10(13)6-11(9)14/h2-6,8,17H,7H2,1H3,(H,15,16). The molecule has 0 aliphatic rings. The molecule has 2 N–H and O–H groups in total. The maximum absolute atomic E-state index is 13.5. The number of aromatic nitrogens is 2. The highest BCUT2D eigenvalue weighted by Crippen LogP contribution is 2.15. The Morgan fingerprint density at radius 3 is 3.00 bits per heavy atom. The third kappa shape index (κ3) is 3.05. The molecule has 1 heterocycles. The van der Waals surface area contributed by atoms with Gasteiger partial charge in [-0.1, -0.05) is 17.7 Å². The van der Waals surface area contributed by atoms with Gasteiger partial charge in [0.05, 0.1) is 6.04 Å². The highest BCUT2D eigenvalue weighted by Gasteiger charge is 2.08. The van der Waals surface area contributed by atoms with E-state index in [1.54, 1.807) is 24.5 Å². The van der Waals surface area contributed by atoms with Crippen LogP contribution in [0.15, 0.2) is 30.6 Å². The summed E-state index contributed by atoms with van der Waals surface area (Å²) in [5.74, 6) is 0.538. The van der Waals surface area contributed by atoms with Crippen molar-refractivity contribution < 1.29 is 4.39 Å². The van der Waals surface area contributed by atoms with Gasteiger partial charge in [0.2, 0.25) is 0 Å². The number of imidazole rings is 1. The number of nitrogens with one attached hydrogen (secondary N) is 2. The normalized spacial score (nSPS) is 12.6. The van der Waals surface area contributed by atoms with Crippen molar-refractivity contribution in [2.24, 2.45) is 0 Å². The van der Waals surface area contributed by atoms with Gasteiger partial charge in [0.15, 0.2) is 0 Å². The average Bonchev–Trinajstić information content (AvgIpc) is 2.81. The molecule has 0 spiro atoms. The Labute approximate surface area is 104 Å². The minimum Gasteiger partial charge on any atom is -0.347 e. The third-order valence-corrected chi connectivity index (χ3v) is 2.78. The van der Waals surface area contributed by atoms with Crippen LogP contribution in [0.5, 0.6) is 0 Å². The number of rotatable bonds is 4. The number of hydrogen-bond acceptors (Lipinski definition) is 2. The molecular weight excluding hydrogens is 241 g/mol. The van der Waals surface area contributed by atoms with Crippen LogP contribution in [0.3, 0.4) is 0 Å². The fraction of sp³-hybridized carbons (Fsp3) is 0.250. The van der Waals surface area contributed by atoms with Crippen molar-refractivity contribution in [1.29, 1.82) is 0 Å². The molecule has 0 radical (unpaired) electrons. The molecule has 0 saturated carbocycles. The molecule has 0 aliphatic carbocycles. The minimum atomic E-state index is -0.295. The lowest BCUT2D eigenvalue weighted by Crippen LogP contribution is -2.19. The van der Waals surface area contributed by atoms with Crippen molar-refractivity contribution in [1.82, 2.24) is 15.3 Å². The smallest absolute Gasteiger partial charge is 0.129 e. The molecule has 1 aromatic heterocycles. The Hall–Kier alpha value is -1.39. The van der Waals surface area contributed by atoms with Crippen LogP contribution in [0, 0.1) is 5.82 Å². The molecule has 17 heavy (non-hydrogen) atoms. The van der Waals surface area contributed by atoms with Crippen LogP contribution < -0.4 is 5.32 Å². The zero-order chi connectivity index (χ0) is 12.3. The van der Waals surface area contributed by atoms with Gasteiger partial charge in [0, 0.05) is 29.5 Å².